The molecule has 2 aliphatic heterocycles. The topological polar surface area (TPSA) is 18.5 Å². The summed E-state index contributed by atoms with van der Waals surface area (Å²) >= 11 is 0. The Bertz CT molecular complexity index is 222. The minimum absolute atomic E-state index is 0.777. The summed E-state index contributed by atoms with van der Waals surface area (Å²) < 4.78 is 0. The maximum atomic E-state index is 3.59. The molecule has 2 rings (SSSR count). The van der Waals surface area contributed by atoms with Gasteiger partial charge in [0.15, 0.2) is 0 Å². The summed E-state index contributed by atoms with van der Waals surface area (Å²) in [6.45, 7) is 8.69. The normalized spacial score (nSPS) is 33.2. The van der Waals surface area contributed by atoms with Crippen LogP contribution < -0.4 is 5.32 Å². The zero-order chi connectivity index (χ0) is 12.3. The fraction of sp³-hybridized carbons (Fsp3) is 1.00. The minimum atomic E-state index is 0.777. The van der Waals surface area contributed by atoms with Crippen LogP contribution in [0.15, 0.2) is 0 Å². The van der Waals surface area contributed by atoms with Gasteiger partial charge in [-0.05, 0) is 64.8 Å². The molecule has 0 saturated carbocycles. The highest BCUT2D eigenvalue weighted by Crippen LogP contribution is 2.24. The maximum absolute atomic E-state index is 3.59. The number of rotatable bonds is 3. The highest BCUT2D eigenvalue weighted by Gasteiger charge is 2.31. The molecule has 0 amide bonds. The second-order valence-corrected chi connectivity index (χ2v) is 6.30. The van der Waals surface area contributed by atoms with Crippen molar-refractivity contribution in [1.82, 2.24) is 15.1 Å². The predicted octanol–water partition coefficient (Wildman–Crippen LogP) is 1.26. The van der Waals surface area contributed by atoms with E-state index in [0.717, 1.165) is 17.9 Å². The van der Waals surface area contributed by atoms with Crippen LogP contribution in [0, 0.1) is 11.8 Å². The third-order valence-electron chi connectivity index (χ3n) is 4.48. The Kier molecular flexibility index (Phi) is 4.83. The fourth-order valence-corrected chi connectivity index (χ4v) is 3.37. The van der Waals surface area contributed by atoms with Gasteiger partial charge in [-0.2, -0.15) is 0 Å². The van der Waals surface area contributed by atoms with Crippen molar-refractivity contribution < 1.29 is 0 Å². The standard InChI is InChI=1S/C14H29N3/c1-12-5-8-17(9-6-12)14-10-15-7-4-13(14)11-16(2)3/h12-15H,4-11H2,1-3H3. The molecule has 2 fully saturated rings. The first-order valence-corrected chi connectivity index (χ1v) is 7.26. The van der Waals surface area contributed by atoms with Gasteiger partial charge >= 0.3 is 0 Å². The Morgan fingerprint density at radius 1 is 1.18 bits per heavy atom. The van der Waals surface area contributed by atoms with Gasteiger partial charge in [0.2, 0.25) is 0 Å². The molecule has 0 radical (unpaired) electrons. The van der Waals surface area contributed by atoms with E-state index in [1.807, 2.05) is 0 Å². The Morgan fingerprint density at radius 3 is 2.53 bits per heavy atom. The Hall–Kier alpha value is -0.120. The second kappa shape index (κ2) is 6.17. The minimum Gasteiger partial charge on any atom is -0.315 e. The molecule has 0 aromatic carbocycles. The van der Waals surface area contributed by atoms with Crippen molar-refractivity contribution in [3.8, 4) is 0 Å². The molecule has 2 saturated heterocycles. The number of nitrogens with one attached hydrogen (secondary N) is 1. The molecule has 0 spiro atoms. The van der Waals surface area contributed by atoms with Crippen LogP contribution in [0.5, 0.6) is 0 Å². The van der Waals surface area contributed by atoms with Gasteiger partial charge in [-0.1, -0.05) is 6.92 Å². The molecule has 0 aliphatic carbocycles. The van der Waals surface area contributed by atoms with E-state index in [4.69, 9.17) is 0 Å². The van der Waals surface area contributed by atoms with Gasteiger partial charge in [0.25, 0.3) is 0 Å². The molecule has 2 atom stereocenters. The van der Waals surface area contributed by atoms with Gasteiger partial charge in [0.05, 0.1) is 0 Å². The van der Waals surface area contributed by atoms with Gasteiger partial charge < -0.3 is 10.2 Å². The third-order valence-corrected chi connectivity index (χ3v) is 4.48. The van der Waals surface area contributed by atoms with E-state index in [0.29, 0.717) is 0 Å². The first-order chi connectivity index (χ1) is 8.16. The van der Waals surface area contributed by atoms with Crippen LogP contribution in [0.1, 0.15) is 26.2 Å². The number of hydrogen-bond acceptors (Lipinski definition) is 3. The largest absolute Gasteiger partial charge is 0.315 e. The van der Waals surface area contributed by atoms with Crippen molar-refractivity contribution in [2.24, 2.45) is 11.8 Å². The Labute approximate surface area is 107 Å². The number of piperidine rings is 2. The van der Waals surface area contributed by atoms with E-state index in [1.54, 1.807) is 0 Å². The number of nitrogens with zero attached hydrogens (tertiary/aromatic N) is 2. The van der Waals surface area contributed by atoms with Crippen molar-refractivity contribution in [2.45, 2.75) is 32.2 Å². The van der Waals surface area contributed by atoms with E-state index >= 15 is 0 Å². The quantitative estimate of drug-likeness (QED) is 0.800. The van der Waals surface area contributed by atoms with Gasteiger partial charge in [0, 0.05) is 19.1 Å². The molecule has 1 N–H and O–H groups in total. The SMILES string of the molecule is CC1CCN(C2CNCCC2CN(C)C)CC1. The maximum Gasteiger partial charge on any atom is 0.0261 e. The average Bonchev–Trinajstić information content (AvgIpc) is 2.30. The van der Waals surface area contributed by atoms with E-state index < -0.39 is 0 Å². The van der Waals surface area contributed by atoms with Gasteiger partial charge in [-0.15, -0.1) is 0 Å². The lowest BCUT2D eigenvalue weighted by Gasteiger charge is -2.44. The third kappa shape index (κ3) is 3.67. The van der Waals surface area contributed by atoms with Crippen LogP contribution in [-0.2, 0) is 0 Å². The van der Waals surface area contributed by atoms with Crippen molar-refractivity contribution in [3.63, 3.8) is 0 Å². The van der Waals surface area contributed by atoms with E-state index in [-0.39, 0.29) is 0 Å². The van der Waals surface area contributed by atoms with Gasteiger partial charge in [-0.3, -0.25) is 4.90 Å². The number of hydrogen-bond donors (Lipinski definition) is 1. The molecule has 100 valence electrons. The summed E-state index contributed by atoms with van der Waals surface area (Å²) in [5, 5.41) is 3.59. The Morgan fingerprint density at radius 2 is 1.88 bits per heavy atom. The van der Waals surface area contributed by atoms with Crippen molar-refractivity contribution in [2.75, 3.05) is 46.8 Å². The van der Waals surface area contributed by atoms with Crippen LogP contribution >= 0.6 is 0 Å². The van der Waals surface area contributed by atoms with Gasteiger partial charge in [-0.25, -0.2) is 0 Å². The van der Waals surface area contributed by atoms with E-state index in [9.17, 15) is 0 Å². The molecule has 3 nitrogen and oxygen atoms in total. The lowest BCUT2D eigenvalue weighted by atomic mass is 9.88. The summed E-state index contributed by atoms with van der Waals surface area (Å²) in [7, 11) is 4.41. The van der Waals surface area contributed by atoms with Crippen LogP contribution in [0.3, 0.4) is 0 Å². The summed E-state index contributed by atoms with van der Waals surface area (Å²) in [5.74, 6) is 1.80. The zero-order valence-electron chi connectivity index (χ0n) is 11.8. The smallest absolute Gasteiger partial charge is 0.0261 e. The van der Waals surface area contributed by atoms with E-state index in [1.165, 1.54) is 52.0 Å². The van der Waals surface area contributed by atoms with Crippen molar-refractivity contribution in [1.29, 1.82) is 0 Å². The van der Waals surface area contributed by atoms with Crippen LogP contribution in [0.25, 0.3) is 0 Å². The average molecular weight is 239 g/mol. The summed E-state index contributed by atoms with van der Waals surface area (Å²) in [5.41, 5.74) is 0. The summed E-state index contributed by atoms with van der Waals surface area (Å²) in [4.78, 5) is 5.11. The zero-order valence-corrected chi connectivity index (χ0v) is 11.8. The predicted molar refractivity (Wildman–Crippen MR) is 73.3 cm³/mol. The molecule has 2 aliphatic rings. The summed E-state index contributed by atoms with van der Waals surface area (Å²) in [6, 6.07) is 0.777. The van der Waals surface area contributed by atoms with Crippen LogP contribution in [0.4, 0.5) is 0 Å². The number of likely N-dealkylation sites (tertiary alicyclic amines) is 1. The molecule has 3 heteroatoms. The molecule has 2 unspecified atom stereocenters. The lowest BCUT2D eigenvalue weighted by Crippen LogP contribution is -2.55. The molecule has 2 heterocycles. The fourth-order valence-electron chi connectivity index (χ4n) is 3.37. The van der Waals surface area contributed by atoms with Crippen molar-refractivity contribution >= 4 is 0 Å². The molecule has 17 heavy (non-hydrogen) atoms. The first kappa shape index (κ1) is 13.3. The van der Waals surface area contributed by atoms with Crippen LogP contribution in [-0.4, -0.2) is 62.7 Å². The van der Waals surface area contributed by atoms with E-state index in [2.05, 4.69) is 36.1 Å². The monoisotopic (exact) mass is 239 g/mol. The highest BCUT2D eigenvalue weighted by atomic mass is 15.2. The lowest BCUT2D eigenvalue weighted by molar-refractivity contribution is 0.0685. The first-order valence-electron chi connectivity index (χ1n) is 7.26. The molecular formula is C14H29N3. The van der Waals surface area contributed by atoms with Crippen LogP contribution in [0.2, 0.25) is 0 Å². The molecule has 0 aromatic heterocycles. The molecular weight excluding hydrogens is 210 g/mol. The van der Waals surface area contributed by atoms with Gasteiger partial charge in [0.1, 0.15) is 0 Å². The second-order valence-electron chi connectivity index (χ2n) is 6.30. The summed E-state index contributed by atoms with van der Waals surface area (Å²) in [6.07, 6.45) is 4.13. The molecule has 0 aromatic rings. The molecule has 0 bridgehead atoms. The van der Waals surface area contributed by atoms with Crippen molar-refractivity contribution in [3.05, 3.63) is 0 Å². The Balaban J connectivity index is 1.91. The highest BCUT2D eigenvalue weighted by molar-refractivity contribution is 4.88.